The van der Waals surface area contributed by atoms with Crippen LogP contribution in [0.4, 0.5) is 5.69 Å². The van der Waals surface area contributed by atoms with Gasteiger partial charge in [-0.05, 0) is 30.4 Å². The van der Waals surface area contributed by atoms with Gasteiger partial charge in [-0.15, -0.1) is 0 Å². The summed E-state index contributed by atoms with van der Waals surface area (Å²) in [7, 11) is 3.25. The number of methoxy groups -OCH3 is 2. The van der Waals surface area contributed by atoms with Crippen molar-refractivity contribution in [2.24, 2.45) is 11.8 Å². The monoisotopic (exact) mass is 410 g/mol. The fourth-order valence-corrected chi connectivity index (χ4v) is 7.89. The largest absolute Gasteiger partial charge is 0.493 e. The Balaban J connectivity index is 1.55. The number of rotatable bonds is 2. The van der Waals surface area contributed by atoms with Crippen LogP contribution < -0.4 is 14.4 Å². The quantitative estimate of drug-likeness (QED) is 0.744. The smallest absolute Gasteiger partial charge is 0.229 e. The summed E-state index contributed by atoms with van der Waals surface area (Å²) in [5, 5.41) is 12.3. The molecular formula is C23H26N2O5. The van der Waals surface area contributed by atoms with E-state index >= 15 is 0 Å². The highest BCUT2D eigenvalue weighted by molar-refractivity contribution is 6.00. The second-order valence-corrected chi connectivity index (χ2v) is 9.64. The number of aliphatic hydroxyl groups is 1. The van der Waals surface area contributed by atoms with Gasteiger partial charge in [0, 0.05) is 25.1 Å². The van der Waals surface area contributed by atoms with Crippen LogP contribution in [-0.2, 0) is 14.9 Å². The molecule has 7 heteroatoms. The molecule has 5 aliphatic heterocycles. The van der Waals surface area contributed by atoms with Gasteiger partial charge in [0.05, 0.1) is 50.5 Å². The molecule has 0 unspecified atom stereocenters. The van der Waals surface area contributed by atoms with Gasteiger partial charge >= 0.3 is 0 Å². The van der Waals surface area contributed by atoms with E-state index < -0.39 is 11.1 Å². The molecule has 5 heterocycles. The lowest BCUT2D eigenvalue weighted by Gasteiger charge is -2.62. The predicted octanol–water partition coefficient (Wildman–Crippen LogP) is 1.43. The summed E-state index contributed by atoms with van der Waals surface area (Å²) in [6, 6.07) is 3.84. The Bertz CT molecular complexity index is 1020. The van der Waals surface area contributed by atoms with E-state index in [1.807, 2.05) is 17.0 Å². The van der Waals surface area contributed by atoms with Gasteiger partial charge < -0.3 is 24.2 Å². The average Bonchev–Trinajstić information content (AvgIpc) is 3.15. The molecule has 30 heavy (non-hydrogen) atoms. The lowest BCUT2D eigenvalue weighted by atomic mass is 9.52. The molecule has 2 bridgehead atoms. The number of fused-ring (bicyclic) bond motifs is 2. The van der Waals surface area contributed by atoms with Crippen molar-refractivity contribution in [3.05, 3.63) is 29.3 Å². The third-order valence-corrected chi connectivity index (χ3v) is 8.95. The summed E-state index contributed by atoms with van der Waals surface area (Å²) in [6.45, 7) is 2.17. The number of carbonyl (C=O) groups is 1. The third-order valence-electron chi connectivity index (χ3n) is 8.95. The number of benzene rings is 1. The Kier molecular flexibility index (Phi) is 3.16. The molecule has 6 aliphatic rings. The molecule has 1 aromatic rings. The summed E-state index contributed by atoms with van der Waals surface area (Å²) >= 11 is 0. The van der Waals surface area contributed by atoms with Gasteiger partial charge in [-0.2, -0.15) is 0 Å². The van der Waals surface area contributed by atoms with Crippen molar-refractivity contribution >= 4 is 11.6 Å². The highest BCUT2D eigenvalue weighted by Crippen LogP contribution is 2.69. The second kappa shape index (κ2) is 5.39. The molecular weight excluding hydrogens is 384 g/mol. The van der Waals surface area contributed by atoms with Crippen molar-refractivity contribution < 1.29 is 24.1 Å². The molecule has 0 aromatic heterocycles. The van der Waals surface area contributed by atoms with Crippen LogP contribution in [-0.4, -0.2) is 67.7 Å². The Morgan fingerprint density at radius 3 is 2.83 bits per heavy atom. The average molecular weight is 410 g/mol. The van der Waals surface area contributed by atoms with Gasteiger partial charge in [-0.3, -0.25) is 9.69 Å². The molecule has 6 atom stereocenters. The Hall–Kier alpha value is -2.09. The van der Waals surface area contributed by atoms with Crippen molar-refractivity contribution in [3.8, 4) is 11.5 Å². The number of anilines is 1. The molecule has 7 rings (SSSR count). The van der Waals surface area contributed by atoms with Crippen LogP contribution in [0.1, 0.15) is 24.8 Å². The molecule has 1 aliphatic carbocycles. The molecule has 1 N–H and O–H groups in total. The van der Waals surface area contributed by atoms with Crippen LogP contribution in [0.3, 0.4) is 0 Å². The number of hydrogen-bond acceptors (Lipinski definition) is 6. The molecule has 4 fully saturated rings. The molecule has 1 saturated carbocycles. The minimum absolute atomic E-state index is 0.0806. The first-order valence-corrected chi connectivity index (χ1v) is 10.9. The molecule has 7 nitrogen and oxygen atoms in total. The van der Waals surface area contributed by atoms with E-state index in [4.69, 9.17) is 14.2 Å². The molecule has 1 aromatic carbocycles. The summed E-state index contributed by atoms with van der Waals surface area (Å²) in [5.74, 6) is 1.79. The highest BCUT2D eigenvalue weighted by Gasteiger charge is 2.77. The number of carbonyl (C=O) groups excluding carboxylic acids is 1. The normalized spacial score (nSPS) is 42.6. The fourth-order valence-electron chi connectivity index (χ4n) is 7.89. The van der Waals surface area contributed by atoms with E-state index in [0.717, 1.165) is 30.8 Å². The number of amides is 1. The minimum Gasteiger partial charge on any atom is -0.493 e. The second-order valence-electron chi connectivity index (χ2n) is 9.64. The zero-order chi connectivity index (χ0) is 20.4. The topological polar surface area (TPSA) is 71.5 Å². The molecule has 0 radical (unpaired) electrons. The van der Waals surface area contributed by atoms with Gasteiger partial charge in [0.25, 0.3) is 0 Å². The summed E-state index contributed by atoms with van der Waals surface area (Å²) in [4.78, 5) is 17.7. The Morgan fingerprint density at radius 1 is 1.23 bits per heavy atom. The lowest BCUT2D eigenvalue weighted by Crippen LogP contribution is -2.74. The molecule has 3 saturated heterocycles. The standard InChI is InChI=1S/C23H26N2O5/c1-28-16-7-14-15(8-17(16)29-2)25-19(26)9-18-20-13-10-23(27)22(14,21(20)25)4-5-24(23)11-12(13)3-6-30-18/h3,7-8,13,18,20-21,27H,4-6,9-11H2,1-2H3/t13-,18-,20-,21-,22-,23+/m0/s1. The van der Waals surface area contributed by atoms with E-state index in [1.165, 1.54) is 5.57 Å². The van der Waals surface area contributed by atoms with Gasteiger partial charge in [-0.1, -0.05) is 11.6 Å². The van der Waals surface area contributed by atoms with Crippen molar-refractivity contribution in [1.29, 1.82) is 0 Å². The Morgan fingerprint density at radius 2 is 2.03 bits per heavy atom. The number of nitrogens with zero attached hydrogens (tertiary/aromatic N) is 2. The van der Waals surface area contributed by atoms with Crippen molar-refractivity contribution in [2.45, 2.75) is 42.5 Å². The first kappa shape index (κ1) is 17.6. The van der Waals surface area contributed by atoms with E-state index in [1.54, 1.807) is 14.2 Å². The van der Waals surface area contributed by atoms with Crippen molar-refractivity contribution in [1.82, 2.24) is 4.90 Å². The first-order chi connectivity index (χ1) is 14.5. The van der Waals surface area contributed by atoms with Gasteiger partial charge in [0.1, 0.15) is 5.72 Å². The number of ether oxygens (including phenoxy) is 3. The number of piperidine rings is 2. The van der Waals surface area contributed by atoms with E-state index in [-0.39, 0.29) is 29.9 Å². The first-order valence-electron chi connectivity index (χ1n) is 10.9. The molecule has 1 spiro atoms. The maximum atomic E-state index is 13.5. The SMILES string of the molecule is COc1cc2c(cc1OC)[C@@]13CCN4CC5=CCO[C@H]6CC(=O)N2[C@H]1[C@H]6[C@H]5C[C@]43O. The van der Waals surface area contributed by atoms with Crippen LogP contribution in [0.2, 0.25) is 0 Å². The zero-order valence-electron chi connectivity index (χ0n) is 17.3. The maximum Gasteiger partial charge on any atom is 0.229 e. The third kappa shape index (κ3) is 1.68. The fraction of sp³-hybridized carbons (Fsp3) is 0.609. The van der Waals surface area contributed by atoms with Crippen LogP contribution in [0.15, 0.2) is 23.8 Å². The summed E-state index contributed by atoms with van der Waals surface area (Å²) in [5.41, 5.74) is 1.78. The van der Waals surface area contributed by atoms with Crippen LogP contribution in [0, 0.1) is 11.8 Å². The van der Waals surface area contributed by atoms with Crippen LogP contribution in [0.5, 0.6) is 11.5 Å². The zero-order valence-corrected chi connectivity index (χ0v) is 17.3. The maximum absolute atomic E-state index is 13.5. The Labute approximate surface area is 175 Å². The van der Waals surface area contributed by atoms with E-state index in [9.17, 15) is 9.90 Å². The highest BCUT2D eigenvalue weighted by atomic mass is 16.5. The van der Waals surface area contributed by atoms with Crippen molar-refractivity contribution in [2.75, 3.05) is 38.8 Å². The van der Waals surface area contributed by atoms with Gasteiger partial charge in [0.2, 0.25) is 5.91 Å². The van der Waals surface area contributed by atoms with E-state index in [0.29, 0.717) is 30.9 Å². The van der Waals surface area contributed by atoms with Crippen LogP contribution in [0.25, 0.3) is 0 Å². The van der Waals surface area contributed by atoms with E-state index in [2.05, 4.69) is 11.0 Å². The van der Waals surface area contributed by atoms with Crippen molar-refractivity contribution in [3.63, 3.8) is 0 Å². The lowest BCUT2D eigenvalue weighted by molar-refractivity contribution is -0.197. The summed E-state index contributed by atoms with van der Waals surface area (Å²) < 4.78 is 17.4. The predicted molar refractivity (Wildman–Crippen MR) is 108 cm³/mol. The van der Waals surface area contributed by atoms with Gasteiger partial charge in [0.15, 0.2) is 11.5 Å². The summed E-state index contributed by atoms with van der Waals surface area (Å²) in [6.07, 6.45) is 4.03. The molecule has 158 valence electrons. The van der Waals surface area contributed by atoms with Crippen LogP contribution >= 0.6 is 0 Å². The molecule has 1 amide bonds. The van der Waals surface area contributed by atoms with Gasteiger partial charge in [-0.25, -0.2) is 0 Å². The number of hydrogen-bond donors (Lipinski definition) is 1. The minimum atomic E-state index is -0.966.